The van der Waals surface area contributed by atoms with Crippen LogP contribution in [0.15, 0.2) is 35.7 Å². The van der Waals surface area contributed by atoms with Gasteiger partial charge in [-0.25, -0.2) is 15.0 Å². The Hall–Kier alpha value is -1.68. The van der Waals surface area contributed by atoms with Gasteiger partial charge in [0, 0.05) is 43.0 Å². The molecule has 2 N–H and O–H groups in total. The van der Waals surface area contributed by atoms with Crippen LogP contribution in [0.1, 0.15) is 28.1 Å². The molecule has 0 fully saturated rings. The maximum absolute atomic E-state index is 4.71. The summed E-state index contributed by atoms with van der Waals surface area (Å²) < 4.78 is 2.08. The van der Waals surface area contributed by atoms with Gasteiger partial charge >= 0.3 is 0 Å². The highest BCUT2D eigenvalue weighted by molar-refractivity contribution is 14.0. The number of hydrogen-bond donors (Lipinski definition) is 2. The van der Waals surface area contributed by atoms with Crippen LogP contribution in [0.4, 0.5) is 0 Å². The molecule has 3 rings (SSSR count). The first-order valence-corrected chi connectivity index (χ1v) is 9.34. The summed E-state index contributed by atoms with van der Waals surface area (Å²) in [5.41, 5.74) is 3.29. The van der Waals surface area contributed by atoms with Gasteiger partial charge in [-0.3, -0.25) is 0 Å². The zero-order valence-electron chi connectivity index (χ0n) is 15.3. The number of aliphatic imine (C=N–C) groups is 1. The summed E-state index contributed by atoms with van der Waals surface area (Å²) in [5.74, 6) is 0.815. The molecule has 0 saturated carbocycles. The molecule has 0 aliphatic rings. The Kier molecular flexibility index (Phi) is 7.83. The Bertz CT molecular complexity index is 870. The molecule has 0 aliphatic heterocycles. The molecule has 0 unspecified atom stereocenters. The smallest absolute Gasteiger partial charge is 0.191 e. The monoisotopic (exact) mass is 484 g/mol. The molecule has 140 valence electrons. The second kappa shape index (κ2) is 9.86. The van der Waals surface area contributed by atoms with Gasteiger partial charge in [0.15, 0.2) is 5.96 Å². The number of thiazole rings is 1. The minimum atomic E-state index is 0. The first kappa shape index (κ1) is 20.6. The highest BCUT2D eigenvalue weighted by Crippen LogP contribution is 2.12. The Morgan fingerprint density at radius 2 is 2.15 bits per heavy atom. The van der Waals surface area contributed by atoms with Crippen LogP contribution in [0.3, 0.4) is 0 Å². The molecule has 8 heteroatoms. The number of guanidine groups is 1. The van der Waals surface area contributed by atoms with E-state index in [4.69, 9.17) is 4.98 Å². The predicted octanol–water partition coefficient (Wildman–Crippen LogP) is 3.32. The van der Waals surface area contributed by atoms with E-state index in [1.807, 2.05) is 18.5 Å². The minimum Gasteiger partial charge on any atom is -0.357 e. The second-order valence-corrected chi connectivity index (χ2v) is 7.21. The standard InChI is InChI=1S/C18H24N6S.HI/c1-4-19-18(22-11-16-21-10-14(3)25-16)20-8-7-15-12-24-9-5-6-13(2)17(24)23-15;/h5-6,9-10,12H,4,7-8,11H2,1-3H3,(H2,19,20,22);1H. The molecule has 0 radical (unpaired) electrons. The Balaban J connectivity index is 0.00000243. The van der Waals surface area contributed by atoms with E-state index < -0.39 is 0 Å². The van der Waals surface area contributed by atoms with Gasteiger partial charge in [-0.15, -0.1) is 35.3 Å². The number of aryl methyl sites for hydroxylation is 2. The first-order valence-electron chi connectivity index (χ1n) is 8.52. The lowest BCUT2D eigenvalue weighted by molar-refractivity contribution is 0.790. The van der Waals surface area contributed by atoms with Crippen molar-refractivity contribution in [2.24, 2.45) is 4.99 Å². The fraction of sp³-hybridized carbons (Fsp3) is 0.389. The van der Waals surface area contributed by atoms with Gasteiger partial charge in [0.2, 0.25) is 0 Å². The van der Waals surface area contributed by atoms with Crippen LogP contribution in [-0.2, 0) is 13.0 Å². The normalized spacial score (nSPS) is 11.4. The molecular weight excluding hydrogens is 459 g/mol. The Morgan fingerprint density at radius 3 is 2.85 bits per heavy atom. The maximum Gasteiger partial charge on any atom is 0.191 e. The quantitative estimate of drug-likeness (QED) is 0.320. The largest absolute Gasteiger partial charge is 0.357 e. The van der Waals surface area contributed by atoms with E-state index in [9.17, 15) is 0 Å². The number of fused-ring (bicyclic) bond motifs is 1. The number of aromatic nitrogens is 3. The number of rotatable bonds is 6. The summed E-state index contributed by atoms with van der Waals surface area (Å²) in [5, 5.41) is 7.68. The van der Waals surface area contributed by atoms with E-state index in [0.29, 0.717) is 6.54 Å². The molecule has 0 amide bonds. The lowest BCUT2D eigenvalue weighted by Gasteiger charge is -2.10. The molecule has 6 nitrogen and oxygen atoms in total. The third-order valence-electron chi connectivity index (χ3n) is 3.79. The van der Waals surface area contributed by atoms with Crippen molar-refractivity contribution in [3.63, 3.8) is 0 Å². The second-order valence-electron chi connectivity index (χ2n) is 5.89. The van der Waals surface area contributed by atoms with E-state index in [0.717, 1.165) is 41.8 Å². The first-order chi connectivity index (χ1) is 12.2. The minimum absolute atomic E-state index is 0. The summed E-state index contributed by atoms with van der Waals surface area (Å²) in [6.45, 7) is 8.42. The number of nitrogens with one attached hydrogen (secondary N) is 2. The van der Waals surface area contributed by atoms with Crippen molar-refractivity contribution < 1.29 is 0 Å². The van der Waals surface area contributed by atoms with Crippen LogP contribution in [-0.4, -0.2) is 33.4 Å². The van der Waals surface area contributed by atoms with Crippen LogP contribution in [0.2, 0.25) is 0 Å². The van der Waals surface area contributed by atoms with Gasteiger partial charge < -0.3 is 15.0 Å². The van der Waals surface area contributed by atoms with Crippen molar-refractivity contribution in [2.75, 3.05) is 13.1 Å². The van der Waals surface area contributed by atoms with E-state index in [-0.39, 0.29) is 24.0 Å². The topological polar surface area (TPSA) is 66.6 Å². The van der Waals surface area contributed by atoms with Gasteiger partial charge in [-0.05, 0) is 32.4 Å². The van der Waals surface area contributed by atoms with E-state index in [1.54, 1.807) is 11.3 Å². The summed E-state index contributed by atoms with van der Waals surface area (Å²) in [6.07, 6.45) is 6.86. The molecule has 0 atom stereocenters. The fourth-order valence-electron chi connectivity index (χ4n) is 2.60. The van der Waals surface area contributed by atoms with Crippen LogP contribution in [0, 0.1) is 13.8 Å². The van der Waals surface area contributed by atoms with Gasteiger partial charge in [0.25, 0.3) is 0 Å². The van der Waals surface area contributed by atoms with Crippen molar-refractivity contribution in [3.05, 3.63) is 51.9 Å². The molecule has 0 bridgehead atoms. The number of pyridine rings is 1. The highest BCUT2D eigenvalue weighted by Gasteiger charge is 2.05. The van der Waals surface area contributed by atoms with Crippen LogP contribution in [0.25, 0.3) is 5.65 Å². The van der Waals surface area contributed by atoms with Crippen molar-refractivity contribution in [3.8, 4) is 0 Å². The van der Waals surface area contributed by atoms with Crippen LogP contribution < -0.4 is 10.6 Å². The third kappa shape index (κ3) is 5.41. The average Bonchev–Trinajstić information content (AvgIpc) is 3.19. The lowest BCUT2D eigenvalue weighted by atomic mass is 10.3. The molecule has 3 aromatic heterocycles. The number of hydrogen-bond acceptors (Lipinski definition) is 4. The van der Waals surface area contributed by atoms with Crippen LogP contribution >= 0.6 is 35.3 Å². The van der Waals surface area contributed by atoms with Gasteiger partial charge in [0.1, 0.15) is 10.7 Å². The molecule has 0 aromatic carbocycles. The van der Waals surface area contributed by atoms with Crippen molar-refractivity contribution in [1.82, 2.24) is 25.0 Å². The van der Waals surface area contributed by atoms with E-state index >= 15 is 0 Å². The molecule has 0 aliphatic carbocycles. The zero-order chi connectivity index (χ0) is 17.6. The summed E-state index contributed by atoms with van der Waals surface area (Å²) >= 11 is 1.69. The summed E-state index contributed by atoms with van der Waals surface area (Å²) in [7, 11) is 0. The Morgan fingerprint density at radius 1 is 1.31 bits per heavy atom. The van der Waals surface area contributed by atoms with Crippen molar-refractivity contribution >= 4 is 46.9 Å². The molecule has 3 heterocycles. The fourth-order valence-corrected chi connectivity index (χ4v) is 3.31. The number of nitrogens with zero attached hydrogens (tertiary/aromatic N) is 4. The average molecular weight is 484 g/mol. The van der Waals surface area contributed by atoms with Gasteiger partial charge in [-0.2, -0.15) is 0 Å². The highest BCUT2D eigenvalue weighted by atomic mass is 127. The van der Waals surface area contributed by atoms with Gasteiger partial charge in [-0.1, -0.05) is 6.07 Å². The van der Waals surface area contributed by atoms with Gasteiger partial charge in [0.05, 0.1) is 12.2 Å². The molecular formula is C18H25IN6S. The zero-order valence-corrected chi connectivity index (χ0v) is 18.5. The van der Waals surface area contributed by atoms with E-state index in [1.165, 1.54) is 10.4 Å². The SMILES string of the molecule is CCNC(=NCc1ncc(C)s1)NCCc1cn2cccc(C)c2n1.I. The molecule has 3 aromatic rings. The Labute approximate surface area is 175 Å². The van der Waals surface area contributed by atoms with Crippen molar-refractivity contribution in [2.45, 2.75) is 33.7 Å². The summed E-state index contributed by atoms with van der Waals surface area (Å²) in [6, 6.07) is 4.13. The lowest BCUT2D eigenvalue weighted by Crippen LogP contribution is -2.38. The maximum atomic E-state index is 4.71. The third-order valence-corrected chi connectivity index (χ3v) is 4.68. The molecule has 0 saturated heterocycles. The van der Waals surface area contributed by atoms with E-state index in [2.05, 4.69) is 58.0 Å². The van der Waals surface area contributed by atoms with Crippen LogP contribution in [0.5, 0.6) is 0 Å². The predicted molar refractivity (Wildman–Crippen MR) is 119 cm³/mol. The molecule has 0 spiro atoms. The molecule has 26 heavy (non-hydrogen) atoms. The summed E-state index contributed by atoms with van der Waals surface area (Å²) in [4.78, 5) is 14.9. The number of halogens is 1. The van der Waals surface area contributed by atoms with Crippen molar-refractivity contribution in [1.29, 1.82) is 0 Å². The number of imidazole rings is 1.